The van der Waals surface area contributed by atoms with Gasteiger partial charge in [0.1, 0.15) is 5.75 Å². The van der Waals surface area contributed by atoms with Crippen molar-refractivity contribution in [1.29, 1.82) is 0 Å². The van der Waals surface area contributed by atoms with Gasteiger partial charge in [-0.1, -0.05) is 59.9 Å². The zero-order valence-corrected chi connectivity index (χ0v) is 25.4. The van der Waals surface area contributed by atoms with Gasteiger partial charge in [0, 0.05) is 21.7 Å². The number of ether oxygens (including phenoxy) is 1. The van der Waals surface area contributed by atoms with Crippen molar-refractivity contribution in [2.24, 2.45) is 29.6 Å². The summed E-state index contributed by atoms with van der Waals surface area (Å²) in [4.78, 5) is 58.3. The minimum absolute atomic E-state index is 0.0208. The maximum absolute atomic E-state index is 13.9. The van der Waals surface area contributed by atoms with Crippen LogP contribution < -0.4 is 19.8 Å². The van der Waals surface area contributed by atoms with Crippen molar-refractivity contribution >= 4 is 52.2 Å². The van der Waals surface area contributed by atoms with Gasteiger partial charge in [-0.3, -0.25) is 24.1 Å². The van der Waals surface area contributed by atoms with Crippen LogP contribution in [0.15, 0.2) is 88.7 Å². The summed E-state index contributed by atoms with van der Waals surface area (Å²) in [5, 5.41) is 3.86. The molecule has 3 amide bonds. The molecule has 2 N–H and O–H groups in total. The number of benzene rings is 3. The first-order valence-electron chi connectivity index (χ1n) is 14.8. The first-order valence-corrected chi connectivity index (χ1v) is 16.5. The van der Waals surface area contributed by atoms with Crippen LogP contribution in [0.25, 0.3) is 0 Å². The maximum atomic E-state index is 13.9. The zero-order chi connectivity index (χ0) is 30.1. The van der Waals surface area contributed by atoms with Gasteiger partial charge in [0.15, 0.2) is 6.61 Å². The van der Waals surface area contributed by atoms with Crippen LogP contribution in [0.4, 0.5) is 11.4 Å². The van der Waals surface area contributed by atoms with E-state index in [2.05, 4.69) is 10.3 Å². The predicted octanol–water partition coefficient (Wildman–Crippen LogP) is 5.44. The smallest absolute Gasteiger partial charge is 0.305 e. The Bertz CT molecular complexity index is 1870. The van der Waals surface area contributed by atoms with Gasteiger partial charge in [0.2, 0.25) is 11.8 Å². The van der Waals surface area contributed by atoms with Gasteiger partial charge in [0.05, 0.1) is 22.5 Å². The van der Waals surface area contributed by atoms with Crippen molar-refractivity contribution in [2.45, 2.75) is 29.5 Å². The third-order valence-electron chi connectivity index (χ3n) is 9.74. The second-order valence-corrected chi connectivity index (χ2v) is 14.2. The third kappa shape index (κ3) is 4.26. The van der Waals surface area contributed by atoms with E-state index in [-0.39, 0.29) is 70.0 Å². The van der Waals surface area contributed by atoms with E-state index in [0.29, 0.717) is 11.4 Å². The number of thioether (sulfide) groups is 1. The fraction of sp³-hybridized carbons (Fsp3) is 0.294. The number of aryl methyl sites for hydroxylation is 1. The molecule has 0 unspecified atom stereocenters. The number of nitrogens with zero attached hydrogens (tertiary/aromatic N) is 1. The highest BCUT2D eigenvalue weighted by Crippen LogP contribution is 2.68. The number of hydrogen-bond donors (Lipinski definition) is 2. The molecule has 10 heteroatoms. The average molecular weight is 624 g/mol. The van der Waals surface area contributed by atoms with Crippen LogP contribution in [-0.2, 0) is 14.4 Å². The standard InChI is InChI=1S/C34H29N3O5S2/c1-17-8-5-6-13-23(17)35-24(38)16-42-20-12-7-9-18(14-20)25-26-21-15-22(29(26)43-31-30(25)44-34(41)36-31)28-27(21)32(39)37(33(28)40)19-10-3-2-4-11-19/h2-14,21-22,25-29H,15-16H2,1H3,(H,35,38)(H,36,41)/t21-,22-,25+,26-,27+,28+,29-/m1/s1. The molecule has 2 aliphatic heterocycles. The Morgan fingerprint density at radius 2 is 1.70 bits per heavy atom. The number of thiazole rings is 1. The molecule has 3 fully saturated rings. The molecule has 2 aliphatic carbocycles. The Morgan fingerprint density at radius 3 is 2.50 bits per heavy atom. The largest absolute Gasteiger partial charge is 0.484 e. The Balaban J connectivity index is 1.09. The van der Waals surface area contributed by atoms with Gasteiger partial charge in [-0.2, -0.15) is 0 Å². The molecule has 2 bridgehead atoms. The highest BCUT2D eigenvalue weighted by atomic mass is 32.2. The summed E-state index contributed by atoms with van der Waals surface area (Å²) in [7, 11) is 0. The molecule has 1 saturated heterocycles. The Morgan fingerprint density at radius 1 is 0.955 bits per heavy atom. The zero-order valence-electron chi connectivity index (χ0n) is 23.8. The van der Waals surface area contributed by atoms with Crippen molar-refractivity contribution in [3.8, 4) is 5.75 Å². The normalized spacial score (nSPS) is 28.0. The van der Waals surface area contributed by atoms with Crippen LogP contribution in [0, 0.1) is 36.5 Å². The Labute approximate surface area is 261 Å². The minimum atomic E-state index is -0.362. The number of carbonyl (C=O) groups is 3. The molecule has 222 valence electrons. The molecule has 4 aromatic rings. The van der Waals surface area contributed by atoms with Gasteiger partial charge >= 0.3 is 4.87 Å². The van der Waals surface area contributed by atoms with Gasteiger partial charge < -0.3 is 15.0 Å². The average Bonchev–Trinajstić information content (AvgIpc) is 3.76. The molecule has 3 heterocycles. The SMILES string of the molecule is Cc1ccccc1NC(=O)COc1cccc([C@@H]2c3sc(=O)[nH]c3S[C@@H]3[C@@H]4C[C@@H]([C@@H]5C(=O)N(c6ccccc6)C(=O)[C@@H]45)[C@H]23)c1. The lowest BCUT2D eigenvalue weighted by atomic mass is 9.68. The first-order chi connectivity index (χ1) is 21.4. The van der Waals surface area contributed by atoms with E-state index in [1.807, 2.05) is 85.8 Å². The van der Waals surface area contributed by atoms with E-state index in [0.717, 1.165) is 33.1 Å². The molecule has 1 aromatic heterocycles. The van der Waals surface area contributed by atoms with Crippen molar-refractivity contribution in [3.63, 3.8) is 0 Å². The molecule has 0 radical (unpaired) electrons. The Kier molecular flexibility index (Phi) is 6.53. The van der Waals surface area contributed by atoms with Crippen LogP contribution in [0.3, 0.4) is 0 Å². The second kappa shape index (κ2) is 10.5. The third-order valence-corrected chi connectivity index (χ3v) is 12.3. The number of amides is 3. The monoisotopic (exact) mass is 623 g/mol. The summed E-state index contributed by atoms with van der Waals surface area (Å²) < 4.78 is 5.95. The van der Waals surface area contributed by atoms with Crippen LogP contribution in [0.1, 0.15) is 28.3 Å². The molecule has 3 aromatic carbocycles. The van der Waals surface area contributed by atoms with Crippen LogP contribution in [0.2, 0.25) is 0 Å². The topological polar surface area (TPSA) is 109 Å². The van der Waals surface area contributed by atoms with Gasteiger partial charge in [0.25, 0.3) is 5.91 Å². The number of aromatic nitrogens is 1. The van der Waals surface area contributed by atoms with E-state index in [1.165, 1.54) is 16.2 Å². The van der Waals surface area contributed by atoms with Crippen LogP contribution >= 0.6 is 23.1 Å². The molecular formula is C34H29N3O5S2. The summed E-state index contributed by atoms with van der Waals surface area (Å²) in [6.45, 7) is 1.79. The highest BCUT2D eigenvalue weighted by molar-refractivity contribution is 8.00. The van der Waals surface area contributed by atoms with E-state index < -0.39 is 0 Å². The van der Waals surface area contributed by atoms with Crippen LogP contribution in [-0.4, -0.2) is 34.6 Å². The minimum Gasteiger partial charge on any atom is -0.484 e. The quantitative estimate of drug-likeness (QED) is 0.277. The van der Waals surface area contributed by atoms with Crippen LogP contribution in [0.5, 0.6) is 5.75 Å². The summed E-state index contributed by atoms with van der Waals surface area (Å²) in [6, 6.07) is 24.5. The summed E-state index contributed by atoms with van der Waals surface area (Å²) >= 11 is 2.89. The number of rotatable bonds is 6. The number of H-pyrrole nitrogens is 1. The molecular weight excluding hydrogens is 595 g/mol. The lowest BCUT2D eigenvalue weighted by Gasteiger charge is -2.43. The summed E-state index contributed by atoms with van der Waals surface area (Å²) in [5.74, 6) is -0.576. The number of nitrogens with one attached hydrogen (secondary N) is 2. The number of aromatic amines is 1. The summed E-state index contributed by atoms with van der Waals surface area (Å²) in [5.41, 5.74) is 3.32. The number of fused-ring (bicyclic) bond motifs is 9. The second-order valence-electron chi connectivity index (χ2n) is 12.0. The number of carbonyl (C=O) groups excluding carboxylic acids is 3. The van der Waals surface area contributed by atoms with Crippen molar-refractivity contribution in [1.82, 2.24) is 4.98 Å². The molecule has 8 rings (SSSR count). The summed E-state index contributed by atoms with van der Waals surface area (Å²) in [6.07, 6.45) is 0.822. The molecule has 2 saturated carbocycles. The number of imide groups is 1. The van der Waals surface area contributed by atoms with Gasteiger partial charge in [-0.25, -0.2) is 0 Å². The molecule has 8 nitrogen and oxygen atoms in total. The van der Waals surface area contributed by atoms with Gasteiger partial charge in [-0.05, 0) is 72.6 Å². The number of para-hydroxylation sites is 2. The fourth-order valence-corrected chi connectivity index (χ4v) is 11.0. The van der Waals surface area contributed by atoms with Crippen molar-refractivity contribution < 1.29 is 19.1 Å². The van der Waals surface area contributed by atoms with Crippen molar-refractivity contribution in [2.75, 3.05) is 16.8 Å². The number of anilines is 2. The Hall–Kier alpha value is -4.15. The van der Waals surface area contributed by atoms with Crippen molar-refractivity contribution in [3.05, 3.63) is 105 Å². The van der Waals surface area contributed by atoms with E-state index in [1.54, 1.807) is 11.8 Å². The van der Waals surface area contributed by atoms with E-state index >= 15 is 0 Å². The predicted molar refractivity (Wildman–Crippen MR) is 169 cm³/mol. The highest BCUT2D eigenvalue weighted by Gasteiger charge is 2.69. The lowest BCUT2D eigenvalue weighted by molar-refractivity contribution is -0.123. The lowest BCUT2D eigenvalue weighted by Crippen LogP contribution is -2.42. The number of hydrogen-bond acceptors (Lipinski definition) is 7. The molecule has 0 spiro atoms. The molecule has 7 atom stereocenters. The maximum Gasteiger partial charge on any atom is 0.305 e. The van der Waals surface area contributed by atoms with Gasteiger partial charge in [-0.15, -0.1) is 11.8 Å². The first kappa shape index (κ1) is 27.4. The fourth-order valence-electron chi connectivity index (χ4n) is 8.07. The van der Waals surface area contributed by atoms with E-state index in [4.69, 9.17) is 4.74 Å². The molecule has 4 aliphatic rings. The molecule has 44 heavy (non-hydrogen) atoms. The van der Waals surface area contributed by atoms with E-state index in [9.17, 15) is 19.2 Å².